The van der Waals surface area contributed by atoms with Crippen molar-refractivity contribution < 1.29 is 87.1 Å². The van der Waals surface area contributed by atoms with Gasteiger partial charge in [0.25, 0.3) is 0 Å². The molecule has 570 valence electrons. The highest BCUT2D eigenvalue weighted by Gasteiger charge is 2.26. The summed E-state index contributed by atoms with van der Waals surface area (Å²) in [5.74, 6) is -0.0582. The zero-order valence-corrected chi connectivity index (χ0v) is 61.1. The molecule has 0 bridgehead atoms. The predicted molar refractivity (Wildman–Crippen MR) is 380 cm³/mol. The van der Waals surface area contributed by atoms with E-state index in [1.807, 2.05) is 0 Å². The molecule has 0 unspecified atom stereocenters. The number of hydrogen-bond donors (Lipinski definition) is 9. The van der Waals surface area contributed by atoms with Crippen molar-refractivity contribution in [1.82, 2.24) is 31.9 Å². The average Bonchev–Trinajstić information content (AvgIpc) is 1.98. The molecule has 6 aliphatic carbocycles. The van der Waals surface area contributed by atoms with Gasteiger partial charge in [-0.3, -0.25) is 57.5 Å². The van der Waals surface area contributed by atoms with Gasteiger partial charge in [-0.2, -0.15) is 0 Å². The minimum atomic E-state index is -0.735. The first-order valence-electron chi connectivity index (χ1n) is 38.3. The molecule has 6 rings (SSSR count). The quantitative estimate of drug-likeness (QED) is 0.0155. The summed E-state index contributed by atoms with van der Waals surface area (Å²) < 4.78 is 13.7. The van der Waals surface area contributed by atoms with E-state index < -0.39 is 17.9 Å². The predicted octanol–water partition coefficient (Wildman–Crippen LogP) is 12.5. The van der Waals surface area contributed by atoms with Crippen molar-refractivity contribution in [2.75, 3.05) is 34.4 Å². The van der Waals surface area contributed by atoms with Gasteiger partial charge in [-0.05, 0) is 166 Å². The Hall–Kier alpha value is -6.36. The number of aliphatic carboxylic acids is 3. The van der Waals surface area contributed by atoms with Gasteiger partial charge >= 0.3 is 35.8 Å². The summed E-state index contributed by atoms with van der Waals surface area (Å²) >= 11 is 0. The Bertz CT molecular complexity index is 2250. The highest BCUT2D eigenvalue weighted by molar-refractivity contribution is 5.78. The molecule has 0 aromatic carbocycles. The Morgan fingerprint density at radius 1 is 0.242 bits per heavy atom. The van der Waals surface area contributed by atoms with Crippen molar-refractivity contribution in [1.29, 1.82) is 0 Å². The van der Waals surface area contributed by atoms with Crippen LogP contribution in [0, 0.1) is 11.8 Å². The molecule has 24 nitrogen and oxygen atoms in total. The van der Waals surface area contributed by atoms with E-state index in [1.165, 1.54) is 47.0 Å². The number of hydrogen-bond acceptors (Lipinski definition) is 15. The number of nitrogens with one attached hydrogen (secondary N) is 6. The van der Waals surface area contributed by atoms with Crippen LogP contribution in [0.5, 0.6) is 0 Å². The van der Waals surface area contributed by atoms with Crippen LogP contribution in [0.4, 0.5) is 0 Å². The lowest BCUT2D eigenvalue weighted by Gasteiger charge is -2.03. The molecule has 0 saturated heterocycles. The molecule has 0 aromatic rings. The van der Waals surface area contributed by atoms with Gasteiger partial charge in [0.05, 0.1) is 21.3 Å². The van der Waals surface area contributed by atoms with Crippen LogP contribution in [0.25, 0.3) is 0 Å². The Kier molecular flexibility index (Phi) is 56.3. The van der Waals surface area contributed by atoms with E-state index in [-0.39, 0.29) is 72.6 Å². The third kappa shape index (κ3) is 71.3. The summed E-state index contributed by atoms with van der Waals surface area (Å²) in [6, 6.07) is 1.87. The van der Waals surface area contributed by atoms with Crippen molar-refractivity contribution >= 4 is 71.3 Å². The van der Waals surface area contributed by atoms with Crippen LogP contribution >= 0.6 is 0 Å². The van der Waals surface area contributed by atoms with Crippen molar-refractivity contribution in [3.8, 4) is 0 Å². The fourth-order valence-corrected chi connectivity index (χ4v) is 9.93. The van der Waals surface area contributed by atoms with Crippen LogP contribution in [-0.2, 0) is 71.7 Å². The van der Waals surface area contributed by atoms with E-state index in [2.05, 4.69) is 46.1 Å². The zero-order valence-electron chi connectivity index (χ0n) is 61.1. The van der Waals surface area contributed by atoms with Gasteiger partial charge in [-0.25, -0.2) is 0 Å². The molecule has 0 spiro atoms. The van der Waals surface area contributed by atoms with Crippen LogP contribution in [0.2, 0.25) is 0 Å². The number of carboxylic acids is 3. The van der Waals surface area contributed by atoms with E-state index >= 15 is 0 Å². The van der Waals surface area contributed by atoms with Crippen LogP contribution in [0.3, 0.4) is 0 Å². The van der Waals surface area contributed by atoms with Gasteiger partial charge < -0.3 is 61.4 Å². The monoisotopic (exact) mass is 1400 g/mol. The molecule has 0 radical (unpaired) electrons. The van der Waals surface area contributed by atoms with Gasteiger partial charge in [0.1, 0.15) is 0 Å². The minimum absolute atomic E-state index is 0.119. The van der Waals surface area contributed by atoms with E-state index in [4.69, 9.17) is 15.3 Å². The summed E-state index contributed by atoms with van der Waals surface area (Å²) in [6.45, 7) is 1.71. The molecule has 0 heterocycles. The van der Waals surface area contributed by atoms with Crippen LogP contribution in [-0.4, -0.2) is 145 Å². The minimum Gasteiger partial charge on any atom is -0.481 e. The molecule has 6 aliphatic rings. The summed E-state index contributed by atoms with van der Waals surface area (Å²) in [7, 11) is 4.24. The Labute approximate surface area is 592 Å². The standard InChI is InChI=1S/C14H25NO3.2C13H23NO3.2C12H21NO3.C11H19NO3/c1-18-14(17)9-7-5-3-2-4-6-8-13(16)15-12-10-11-12;1-17-13(16)7-5-3-2-4-6-12(15)14-10-11-8-9-11;15-12(14-11-9-10-11)7-5-3-1-2-4-6-8-13(16)17;1-16-12(15)7-5-3-2-4-6-11(14)13-10-8-9-10;14-11(13-9-10-7-8-10)5-3-1-2-4-6-12(15)16;13-10(12-9-7-8-9)5-3-1-2-4-6-11(14)15/h12H,2-11H2,1H3,(H,15,16);11H,2-10H2,1H3,(H,14,15);11H,1-10H2,(H,14,15)(H,16,17);10H,2-9H2,1H3,(H,13,14);10H,1-9H2,(H,13,14)(H,15,16);9H,1-8H2,(H,12,13)(H,14,15). The fraction of sp³-hybridized carbons (Fsp3) is 0.840. The van der Waals surface area contributed by atoms with Gasteiger partial charge in [0.2, 0.25) is 35.4 Å². The fourth-order valence-electron chi connectivity index (χ4n) is 9.93. The number of carboxylic acid groups (broad SMARTS) is 3. The highest BCUT2D eigenvalue weighted by Crippen LogP contribution is 2.28. The Morgan fingerprint density at radius 3 is 0.586 bits per heavy atom. The van der Waals surface area contributed by atoms with Gasteiger partial charge in [-0.15, -0.1) is 0 Å². The first kappa shape index (κ1) is 90.7. The third-order valence-corrected chi connectivity index (χ3v) is 17.3. The summed E-state index contributed by atoms with van der Waals surface area (Å²) in [6.07, 6.45) is 47.0. The van der Waals surface area contributed by atoms with E-state index in [0.717, 1.165) is 256 Å². The molecular formula is C75H132N6O18. The summed E-state index contributed by atoms with van der Waals surface area (Å²) in [4.78, 5) is 131. The smallest absolute Gasteiger partial charge is 0.305 e. The van der Waals surface area contributed by atoms with Crippen molar-refractivity contribution in [2.24, 2.45) is 11.8 Å². The summed E-state index contributed by atoms with van der Waals surface area (Å²) in [5.41, 5.74) is 0. The van der Waals surface area contributed by atoms with E-state index in [0.29, 0.717) is 82.0 Å². The second-order valence-corrected chi connectivity index (χ2v) is 27.7. The molecule has 6 amide bonds. The molecule has 6 fully saturated rings. The van der Waals surface area contributed by atoms with Gasteiger partial charge in [0, 0.05) is 114 Å². The number of methoxy groups -OCH3 is 3. The maximum atomic E-state index is 11.4. The van der Waals surface area contributed by atoms with Crippen LogP contribution in [0.15, 0.2) is 0 Å². The lowest BCUT2D eigenvalue weighted by Crippen LogP contribution is -2.25. The van der Waals surface area contributed by atoms with Gasteiger partial charge in [0.15, 0.2) is 0 Å². The lowest BCUT2D eigenvalue weighted by molar-refractivity contribution is -0.141. The van der Waals surface area contributed by atoms with Crippen LogP contribution in [0.1, 0.15) is 334 Å². The summed E-state index contributed by atoms with van der Waals surface area (Å²) in [5, 5.41) is 43.0. The molecule has 9 N–H and O–H groups in total. The Balaban J connectivity index is 0.000000594. The molecule has 99 heavy (non-hydrogen) atoms. The van der Waals surface area contributed by atoms with Crippen LogP contribution < -0.4 is 31.9 Å². The lowest BCUT2D eigenvalue weighted by atomic mass is 10.1. The third-order valence-electron chi connectivity index (χ3n) is 17.3. The molecule has 0 aromatic heterocycles. The number of unbranched alkanes of at least 4 members (excludes halogenated alkanes) is 22. The van der Waals surface area contributed by atoms with E-state index in [9.17, 15) is 57.5 Å². The number of carbonyl (C=O) groups excluding carboxylic acids is 9. The average molecular weight is 1410 g/mol. The molecule has 6 saturated carbocycles. The number of esters is 3. The molecule has 0 atom stereocenters. The Morgan fingerprint density at radius 2 is 0.414 bits per heavy atom. The van der Waals surface area contributed by atoms with Crippen molar-refractivity contribution in [2.45, 2.75) is 358 Å². The molecule has 24 heteroatoms. The van der Waals surface area contributed by atoms with Crippen molar-refractivity contribution in [3.63, 3.8) is 0 Å². The molecule has 0 aliphatic heterocycles. The second-order valence-electron chi connectivity index (χ2n) is 27.7. The molecular weight excluding hydrogens is 1270 g/mol. The largest absolute Gasteiger partial charge is 0.481 e. The number of ether oxygens (including phenoxy) is 3. The maximum absolute atomic E-state index is 11.4. The maximum Gasteiger partial charge on any atom is 0.305 e. The van der Waals surface area contributed by atoms with Gasteiger partial charge in [-0.1, -0.05) is 103 Å². The topological polar surface area (TPSA) is 365 Å². The highest BCUT2D eigenvalue weighted by atomic mass is 16.5. The normalized spacial score (nSPS) is 14.6. The number of rotatable bonds is 54. The SMILES string of the molecule is COC(=O)CCCCCCC(=O)NC1CC1.COC(=O)CCCCCCC(=O)NCC1CC1.COC(=O)CCCCCCCCC(=O)NC1CC1.O=C(O)CCCCCCC(=O)NC1CC1.O=C(O)CCCCCCC(=O)NCC1CC1.O=C(O)CCCCCCCCC(=O)NC1CC1. The number of carbonyl (C=O) groups is 12. The van der Waals surface area contributed by atoms with E-state index in [1.54, 1.807) is 0 Å². The first-order chi connectivity index (χ1) is 47.7. The zero-order chi connectivity index (χ0) is 72.9. The second kappa shape index (κ2) is 61.5. The number of amides is 6. The first-order valence-corrected chi connectivity index (χ1v) is 38.3. The van der Waals surface area contributed by atoms with Crippen molar-refractivity contribution in [3.05, 3.63) is 0 Å².